The fourth-order valence-electron chi connectivity index (χ4n) is 2.40. The molecule has 1 atom stereocenters. The van der Waals surface area contributed by atoms with Crippen LogP contribution >= 0.6 is 0 Å². The topological polar surface area (TPSA) is 63.5 Å². The Bertz CT molecular complexity index is 598. The van der Waals surface area contributed by atoms with Gasteiger partial charge in [0.2, 0.25) is 0 Å². The van der Waals surface area contributed by atoms with Crippen LogP contribution in [0.5, 0.6) is 0 Å². The molecule has 0 radical (unpaired) electrons. The Kier molecular flexibility index (Phi) is 8.55. The smallest absolute Gasteiger partial charge is 0.191 e. The quantitative estimate of drug-likeness (QED) is 0.395. The highest BCUT2D eigenvalue weighted by atomic mass is 16.5. The molecule has 1 aromatic carbocycles. The molecule has 6 nitrogen and oxygen atoms in total. The molecule has 2 rings (SSSR count). The van der Waals surface area contributed by atoms with Gasteiger partial charge in [-0.3, -0.25) is 9.67 Å². The number of hydrogen-bond donors (Lipinski definition) is 2. The van der Waals surface area contributed by atoms with Crippen LogP contribution in [0.4, 0.5) is 0 Å². The first kappa shape index (κ1) is 19.0. The number of ether oxygens (including phenoxy) is 1. The maximum absolute atomic E-state index is 5.88. The summed E-state index contributed by atoms with van der Waals surface area (Å²) in [6, 6.07) is 12.2. The number of nitrogens with zero attached hydrogens (tertiary/aromatic N) is 3. The maximum Gasteiger partial charge on any atom is 0.191 e. The number of guanidine groups is 1. The molecule has 1 unspecified atom stereocenters. The van der Waals surface area contributed by atoms with Gasteiger partial charge in [-0.2, -0.15) is 5.10 Å². The van der Waals surface area contributed by atoms with E-state index in [1.54, 1.807) is 6.20 Å². The SMILES string of the molecule is CCNC(=NCCCOC(C)c1ccccc1)NCCn1cccn1. The third-order valence-corrected chi connectivity index (χ3v) is 3.75. The fraction of sp³-hybridized carbons (Fsp3) is 0.474. The second kappa shape index (κ2) is 11.3. The first-order chi connectivity index (χ1) is 12.3. The van der Waals surface area contributed by atoms with Gasteiger partial charge >= 0.3 is 0 Å². The molecule has 2 N–H and O–H groups in total. The molecule has 0 aliphatic heterocycles. The Morgan fingerprint density at radius 1 is 1.24 bits per heavy atom. The normalized spacial score (nSPS) is 12.8. The molecule has 0 saturated carbocycles. The molecule has 136 valence electrons. The highest BCUT2D eigenvalue weighted by molar-refractivity contribution is 5.79. The summed E-state index contributed by atoms with van der Waals surface area (Å²) in [4.78, 5) is 4.59. The zero-order valence-electron chi connectivity index (χ0n) is 15.2. The Balaban J connectivity index is 1.64. The van der Waals surface area contributed by atoms with Crippen molar-refractivity contribution >= 4 is 5.96 Å². The van der Waals surface area contributed by atoms with Crippen molar-refractivity contribution in [3.8, 4) is 0 Å². The van der Waals surface area contributed by atoms with Crippen molar-refractivity contribution in [2.45, 2.75) is 32.9 Å². The lowest BCUT2D eigenvalue weighted by molar-refractivity contribution is 0.0652. The van der Waals surface area contributed by atoms with Crippen molar-refractivity contribution in [2.24, 2.45) is 4.99 Å². The number of rotatable bonds is 10. The predicted molar refractivity (Wildman–Crippen MR) is 102 cm³/mol. The van der Waals surface area contributed by atoms with Gasteiger partial charge in [-0.05, 0) is 31.9 Å². The van der Waals surface area contributed by atoms with Gasteiger partial charge in [0.25, 0.3) is 0 Å². The minimum Gasteiger partial charge on any atom is -0.374 e. The van der Waals surface area contributed by atoms with E-state index in [2.05, 4.69) is 46.7 Å². The molecule has 0 aliphatic rings. The molecule has 0 bridgehead atoms. The van der Waals surface area contributed by atoms with Crippen LogP contribution in [-0.2, 0) is 11.3 Å². The van der Waals surface area contributed by atoms with E-state index in [1.807, 2.05) is 35.1 Å². The zero-order valence-corrected chi connectivity index (χ0v) is 15.2. The lowest BCUT2D eigenvalue weighted by Crippen LogP contribution is -2.39. The average molecular weight is 343 g/mol. The lowest BCUT2D eigenvalue weighted by atomic mass is 10.1. The zero-order chi connectivity index (χ0) is 17.7. The van der Waals surface area contributed by atoms with Crippen molar-refractivity contribution in [3.05, 3.63) is 54.4 Å². The van der Waals surface area contributed by atoms with Gasteiger partial charge in [-0.15, -0.1) is 0 Å². The van der Waals surface area contributed by atoms with Crippen molar-refractivity contribution in [2.75, 3.05) is 26.2 Å². The van der Waals surface area contributed by atoms with E-state index in [0.29, 0.717) is 6.61 Å². The van der Waals surface area contributed by atoms with E-state index in [0.717, 1.165) is 38.6 Å². The molecule has 0 aliphatic carbocycles. The van der Waals surface area contributed by atoms with Gasteiger partial charge in [-0.1, -0.05) is 30.3 Å². The summed E-state index contributed by atoms with van der Waals surface area (Å²) in [5.41, 5.74) is 1.21. The summed E-state index contributed by atoms with van der Waals surface area (Å²) in [5, 5.41) is 10.8. The van der Waals surface area contributed by atoms with Crippen LogP contribution in [-0.4, -0.2) is 42.0 Å². The predicted octanol–water partition coefficient (Wildman–Crippen LogP) is 2.61. The minimum atomic E-state index is 0.116. The largest absolute Gasteiger partial charge is 0.374 e. The number of aromatic nitrogens is 2. The first-order valence-corrected chi connectivity index (χ1v) is 8.95. The first-order valence-electron chi connectivity index (χ1n) is 8.95. The highest BCUT2D eigenvalue weighted by Gasteiger charge is 2.04. The van der Waals surface area contributed by atoms with Gasteiger partial charge < -0.3 is 15.4 Å². The second-order valence-corrected chi connectivity index (χ2v) is 5.73. The van der Waals surface area contributed by atoms with Crippen LogP contribution in [0.25, 0.3) is 0 Å². The van der Waals surface area contributed by atoms with Crippen LogP contribution in [0.15, 0.2) is 53.8 Å². The van der Waals surface area contributed by atoms with Crippen LogP contribution in [0.3, 0.4) is 0 Å². The molecule has 1 aromatic heterocycles. The summed E-state index contributed by atoms with van der Waals surface area (Å²) in [6.45, 7) is 8.03. The summed E-state index contributed by atoms with van der Waals surface area (Å²) < 4.78 is 7.78. The van der Waals surface area contributed by atoms with E-state index in [-0.39, 0.29) is 6.10 Å². The standard InChI is InChI=1S/C19H29N5O/c1-3-20-19(22-13-15-24-14-7-12-23-24)21-11-8-16-25-17(2)18-9-5-4-6-10-18/h4-7,9-10,12,14,17H,3,8,11,13,15-16H2,1-2H3,(H2,20,21,22). The van der Waals surface area contributed by atoms with E-state index in [9.17, 15) is 0 Å². The Morgan fingerprint density at radius 3 is 2.80 bits per heavy atom. The Hall–Kier alpha value is -2.34. The van der Waals surface area contributed by atoms with Gasteiger partial charge in [0.1, 0.15) is 0 Å². The summed E-state index contributed by atoms with van der Waals surface area (Å²) in [5.74, 6) is 0.839. The summed E-state index contributed by atoms with van der Waals surface area (Å²) in [7, 11) is 0. The Morgan fingerprint density at radius 2 is 2.08 bits per heavy atom. The van der Waals surface area contributed by atoms with Crippen molar-refractivity contribution in [1.82, 2.24) is 20.4 Å². The summed E-state index contributed by atoms with van der Waals surface area (Å²) in [6.07, 6.45) is 4.75. The number of nitrogens with one attached hydrogen (secondary N) is 2. The Labute approximate surface area is 150 Å². The van der Waals surface area contributed by atoms with E-state index in [4.69, 9.17) is 4.74 Å². The van der Waals surface area contributed by atoms with Gasteiger partial charge in [0.05, 0.1) is 12.6 Å². The monoisotopic (exact) mass is 343 g/mol. The van der Waals surface area contributed by atoms with Crippen molar-refractivity contribution < 1.29 is 4.74 Å². The van der Waals surface area contributed by atoms with Crippen molar-refractivity contribution in [1.29, 1.82) is 0 Å². The van der Waals surface area contributed by atoms with Gasteiger partial charge in [0, 0.05) is 38.6 Å². The average Bonchev–Trinajstić information content (AvgIpc) is 3.15. The third-order valence-electron chi connectivity index (χ3n) is 3.75. The molecular formula is C19H29N5O. The molecule has 25 heavy (non-hydrogen) atoms. The molecule has 0 saturated heterocycles. The number of benzene rings is 1. The second-order valence-electron chi connectivity index (χ2n) is 5.73. The fourth-order valence-corrected chi connectivity index (χ4v) is 2.40. The van der Waals surface area contributed by atoms with E-state index in [1.165, 1.54) is 5.56 Å². The van der Waals surface area contributed by atoms with Crippen LogP contribution < -0.4 is 10.6 Å². The number of aliphatic imine (C=N–C) groups is 1. The van der Waals surface area contributed by atoms with E-state index < -0.39 is 0 Å². The van der Waals surface area contributed by atoms with Crippen LogP contribution in [0, 0.1) is 0 Å². The van der Waals surface area contributed by atoms with Crippen molar-refractivity contribution in [3.63, 3.8) is 0 Å². The summed E-state index contributed by atoms with van der Waals surface area (Å²) >= 11 is 0. The molecule has 0 fully saturated rings. The van der Waals surface area contributed by atoms with Crippen LogP contribution in [0.2, 0.25) is 0 Å². The molecule has 6 heteroatoms. The number of hydrogen-bond acceptors (Lipinski definition) is 3. The highest BCUT2D eigenvalue weighted by Crippen LogP contribution is 2.15. The minimum absolute atomic E-state index is 0.116. The lowest BCUT2D eigenvalue weighted by Gasteiger charge is -2.13. The van der Waals surface area contributed by atoms with Gasteiger partial charge in [-0.25, -0.2) is 0 Å². The van der Waals surface area contributed by atoms with E-state index >= 15 is 0 Å². The maximum atomic E-state index is 5.88. The van der Waals surface area contributed by atoms with Crippen LogP contribution in [0.1, 0.15) is 31.9 Å². The third kappa shape index (κ3) is 7.39. The molecular weight excluding hydrogens is 314 g/mol. The molecule has 0 spiro atoms. The molecule has 0 amide bonds. The molecule has 1 heterocycles. The van der Waals surface area contributed by atoms with Gasteiger partial charge in [0.15, 0.2) is 5.96 Å². The molecule has 2 aromatic rings.